The van der Waals surface area contributed by atoms with E-state index in [0.29, 0.717) is 0 Å². The maximum Gasteiger partial charge on any atom is -0.0159 e. The summed E-state index contributed by atoms with van der Waals surface area (Å²) in [6.45, 7) is 4.69. The van der Waals surface area contributed by atoms with Crippen molar-refractivity contribution in [3.05, 3.63) is 35.9 Å². The Balaban J connectivity index is 1.93. The molecule has 0 bridgehead atoms. The Morgan fingerprint density at radius 2 is 1.87 bits per heavy atom. The van der Waals surface area contributed by atoms with Gasteiger partial charge in [-0.3, -0.25) is 0 Å². The molecule has 1 aliphatic rings. The Hall–Kier alpha value is -0.780. The minimum Gasteiger partial charge on any atom is -0.0628 e. The zero-order valence-corrected chi connectivity index (χ0v) is 9.95. The van der Waals surface area contributed by atoms with Crippen LogP contribution in [0.5, 0.6) is 0 Å². The summed E-state index contributed by atoms with van der Waals surface area (Å²) in [5.74, 6) is 2.69. The highest BCUT2D eigenvalue weighted by atomic mass is 14.3. The minimum atomic E-state index is 0.843. The molecule has 0 heterocycles. The Morgan fingerprint density at radius 1 is 1.13 bits per heavy atom. The van der Waals surface area contributed by atoms with Crippen molar-refractivity contribution in [3.8, 4) is 0 Å². The van der Waals surface area contributed by atoms with Gasteiger partial charge in [-0.05, 0) is 49.0 Å². The fraction of sp³-hybridized carbons (Fsp3) is 0.600. The van der Waals surface area contributed by atoms with Crippen LogP contribution in [0.1, 0.15) is 51.0 Å². The first kappa shape index (κ1) is 10.7. The van der Waals surface area contributed by atoms with Gasteiger partial charge in [0.05, 0.1) is 0 Å². The van der Waals surface area contributed by atoms with Crippen LogP contribution in [-0.4, -0.2) is 0 Å². The summed E-state index contributed by atoms with van der Waals surface area (Å²) in [7, 11) is 0. The van der Waals surface area contributed by atoms with Gasteiger partial charge >= 0.3 is 0 Å². The fourth-order valence-corrected chi connectivity index (χ4v) is 2.98. The third-order valence-corrected chi connectivity index (χ3v) is 3.62. The van der Waals surface area contributed by atoms with E-state index in [1.165, 1.54) is 25.7 Å². The van der Waals surface area contributed by atoms with Gasteiger partial charge in [-0.1, -0.05) is 44.2 Å². The smallest absolute Gasteiger partial charge is 0.0159 e. The van der Waals surface area contributed by atoms with Gasteiger partial charge in [0.2, 0.25) is 0 Å². The Labute approximate surface area is 93.7 Å². The highest BCUT2D eigenvalue weighted by molar-refractivity contribution is 5.20. The maximum atomic E-state index is 2.34. The van der Waals surface area contributed by atoms with E-state index in [4.69, 9.17) is 0 Å². The first-order valence-electron chi connectivity index (χ1n) is 6.30. The lowest BCUT2D eigenvalue weighted by Crippen LogP contribution is -2.00. The number of rotatable bonds is 3. The average Bonchev–Trinajstić information content (AvgIpc) is 2.67. The zero-order valence-electron chi connectivity index (χ0n) is 9.95. The van der Waals surface area contributed by atoms with Gasteiger partial charge in [0.25, 0.3) is 0 Å². The standard InChI is InChI=1S/C15H22/c1-12(2)10-13-8-9-15(11-13)14-6-4-3-5-7-14/h3-7,12-13,15H,8-11H2,1-2H3. The normalized spacial score (nSPS) is 26.1. The SMILES string of the molecule is CC(C)CC1CCC(c2ccccc2)C1. The molecule has 1 aliphatic carbocycles. The molecule has 0 heteroatoms. The number of benzene rings is 1. The van der Waals surface area contributed by atoms with Gasteiger partial charge in [-0.2, -0.15) is 0 Å². The van der Waals surface area contributed by atoms with Crippen molar-refractivity contribution in [2.24, 2.45) is 11.8 Å². The van der Waals surface area contributed by atoms with Crippen LogP contribution < -0.4 is 0 Å². The van der Waals surface area contributed by atoms with E-state index in [9.17, 15) is 0 Å². The third kappa shape index (κ3) is 2.84. The number of hydrogen-bond donors (Lipinski definition) is 0. The molecule has 1 saturated carbocycles. The molecule has 15 heavy (non-hydrogen) atoms. The largest absolute Gasteiger partial charge is 0.0628 e. The van der Waals surface area contributed by atoms with Crippen LogP contribution >= 0.6 is 0 Å². The predicted octanol–water partition coefficient (Wildman–Crippen LogP) is 4.62. The average molecular weight is 202 g/mol. The molecule has 0 spiro atoms. The second-order valence-corrected chi connectivity index (χ2v) is 5.42. The first-order valence-corrected chi connectivity index (χ1v) is 6.30. The monoisotopic (exact) mass is 202 g/mol. The molecular formula is C15H22. The summed E-state index contributed by atoms with van der Waals surface area (Å²) in [6.07, 6.45) is 5.69. The van der Waals surface area contributed by atoms with Crippen molar-refractivity contribution < 1.29 is 0 Å². The van der Waals surface area contributed by atoms with E-state index in [1.54, 1.807) is 5.56 Å². The van der Waals surface area contributed by atoms with Crippen LogP contribution in [0.15, 0.2) is 30.3 Å². The fourth-order valence-electron chi connectivity index (χ4n) is 2.98. The summed E-state index contributed by atoms with van der Waals surface area (Å²) in [6, 6.07) is 11.0. The van der Waals surface area contributed by atoms with Crippen LogP contribution in [-0.2, 0) is 0 Å². The highest BCUT2D eigenvalue weighted by Gasteiger charge is 2.25. The van der Waals surface area contributed by atoms with E-state index in [-0.39, 0.29) is 0 Å². The molecule has 0 nitrogen and oxygen atoms in total. The lowest BCUT2D eigenvalue weighted by Gasteiger charge is -2.13. The second kappa shape index (κ2) is 4.83. The van der Waals surface area contributed by atoms with E-state index in [1.807, 2.05) is 0 Å². The topological polar surface area (TPSA) is 0 Å². The molecule has 0 saturated heterocycles. The van der Waals surface area contributed by atoms with Crippen molar-refractivity contribution in [1.82, 2.24) is 0 Å². The Kier molecular flexibility index (Phi) is 3.45. The molecule has 82 valence electrons. The Morgan fingerprint density at radius 3 is 2.53 bits per heavy atom. The van der Waals surface area contributed by atoms with Gasteiger partial charge < -0.3 is 0 Å². The van der Waals surface area contributed by atoms with Crippen molar-refractivity contribution in [2.45, 2.75) is 45.4 Å². The quantitative estimate of drug-likeness (QED) is 0.671. The molecule has 0 N–H and O–H groups in total. The minimum absolute atomic E-state index is 0.843. The second-order valence-electron chi connectivity index (χ2n) is 5.42. The molecule has 2 unspecified atom stereocenters. The van der Waals surface area contributed by atoms with Gasteiger partial charge in [-0.15, -0.1) is 0 Å². The highest BCUT2D eigenvalue weighted by Crippen LogP contribution is 2.40. The molecule has 0 amide bonds. The van der Waals surface area contributed by atoms with Crippen molar-refractivity contribution in [2.75, 3.05) is 0 Å². The molecule has 1 fully saturated rings. The zero-order chi connectivity index (χ0) is 10.7. The van der Waals surface area contributed by atoms with Gasteiger partial charge in [0, 0.05) is 0 Å². The van der Waals surface area contributed by atoms with Crippen LogP contribution in [0.25, 0.3) is 0 Å². The third-order valence-electron chi connectivity index (χ3n) is 3.62. The summed E-state index contributed by atoms with van der Waals surface area (Å²) in [4.78, 5) is 0. The lowest BCUT2D eigenvalue weighted by atomic mass is 9.92. The van der Waals surface area contributed by atoms with Crippen LogP contribution in [0.2, 0.25) is 0 Å². The van der Waals surface area contributed by atoms with Gasteiger partial charge in [0.1, 0.15) is 0 Å². The number of hydrogen-bond acceptors (Lipinski definition) is 0. The van der Waals surface area contributed by atoms with E-state index in [2.05, 4.69) is 44.2 Å². The van der Waals surface area contributed by atoms with Crippen LogP contribution in [0, 0.1) is 11.8 Å². The Bertz CT molecular complexity index is 286. The van der Waals surface area contributed by atoms with Gasteiger partial charge in [0.15, 0.2) is 0 Å². The van der Waals surface area contributed by atoms with Gasteiger partial charge in [-0.25, -0.2) is 0 Å². The molecular weight excluding hydrogens is 180 g/mol. The van der Waals surface area contributed by atoms with E-state index in [0.717, 1.165) is 17.8 Å². The summed E-state index contributed by atoms with van der Waals surface area (Å²) in [5, 5.41) is 0. The molecule has 1 aromatic rings. The van der Waals surface area contributed by atoms with Crippen LogP contribution in [0.4, 0.5) is 0 Å². The van der Waals surface area contributed by atoms with E-state index >= 15 is 0 Å². The predicted molar refractivity (Wildman–Crippen MR) is 66.0 cm³/mol. The lowest BCUT2D eigenvalue weighted by molar-refractivity contribution is 0.415. The summed E-state index contributed by atoms with van der Waals surface area (Å²) in [5.41, 5.74) is 1.56. The van der Waals surface area contributed by atoms with Crippen molar-refractivity contribution >= 4 is 0 Å². The molecule has 2 atom stereocenters. The van der Waals surface area contributed by atoms with Crippen molar-refractivity contribution in [1.29, 1.82) is 0 Å². The molecule has 2 rings (SSSR count). The van der Waals surface area contributed by atoms with E-state index < -0.39 is 0 Å². The molecule has 0 radical (unpaired) electrons. The maximum absolute atomic E-state index is 2.34. The molecule has 0 aromatic heterocycles. The first-order chi connectivity index (χ1) is 7.25. The van der Waals surface area contributed by atoms with Crippen molar-refractivity contribution in [3.63, 3.8) is 0 Å². The summed E-state index contributed by atoms with van der Waals surface area (Å²) >= 11 is 0. The van der Waals surface area contributed by atoms with Crippen LogP contribution in [0.3, 0.4) is 0 Å². The molecule has 0 aliphatic heterocycles. The summed E-state index contributed by atoms with van der Waals surface area (Å²) < 4.78 is 0. The molecule has 1 aromatic carbocycles.